The zero-order valence-corrected chi connectivity index (χ0v) is 14.3. The molecule has 2 aromatic carbocycles. The molecule has 134 valence electrons. The zero-order valence-electron chi connectivity index (χ0n) is 14.3. The van der Waals surface area contributed by atoms with Crippen LogP contribution in [0.3, 0.4) is 0 Å². The Balaban J connectivity index is 1.51. The summed E-state index contributed by atoms with van der Waals surface area (Å²) in [5, 5.41) is 3.62. The molecule has 6 heteroatoms. The Hall–Kier alpha value is -3.15. The van der Waals surface area contributed by atoms with Gasteiger partial charge in [-0.3, -0.25) is 9.59 Å². The van der Waals surface area contributed by atoms with Crippen LogP contribution in [0, 0.1) is 5.82 Å². The van der Waals surface area contributed by atoms with Gasteiger partial charge >= 0.3 is 5.97 Å². The minimum Gasteiger partial charge on any atom is -0.452 e. The summed E-state index contributed by atoms with van der Waals surface area (Å²) in [7, 11) is 0. The highest BCUT2D eigenvalue weighted by atomic mass is 19.1. The molecule has 0 aliphatic heterocycles. The molecule has 1 amide bonds. The molecule has 0 saturated heterocycles. The highest BCUT2D eigenvalue weighted by Crippen LogP contribution is 2.15. The van der Waals surface area contributed by atoms with Crippen molar-refractivity contribution in [2.75, 3.05) is 5.32 Å². The Morgan fingerprint density at radius 1 is 1.15 bits per heavy atom. The Labute approximate surface area is 150 Å². The van der Waals surface area contributed by atoms with Crippen molar-refractivity contribution in [2.24, 2.45) is 0 Å². The van der Waals surface area contributed by atoms with Gasteiger partial charge in [0.1, 0.15) is 5.82 Å². The number of para-hydroxylation sites is 1. The molecule has 1 N–H and O–H groups in total. The molecule has 0 bridgehead atoms. The number of benzene rings is 2. The predicted octanol–water partition coefficient (Wildman–Crippen LogP) is 3.74. The first-order chi connectivity index (χ1) is 12.5. The number of amides is 1. The maximum Gasteiger partial charge on any atom is 0.308 e. The molecule has 3 aromatic rings. The van der Waals surface area contributed by atoms with Crippen LogP contribution in [0.15, 0.2) is 60.8 Å². The lowest BCUT2D eigenvalue weighted by atomic mass is 10.2. The van der Waals surface area contributed by atoms with Crippen LogP contribution < -0.4 is 5.32 Å². The first-order valence-electron chi connectivity index (χ1n) is 8.33. The highest BCUT2D eigenvalue weighted by molar-refractivity contribution is 5.95. The van der Waals surface area contributed by atoms with Crippen LogP contribution in [-0.2, 0) is 20.9 Å². The third-order valence-corrected chi connectivity index (χ3v) is 4.01. The van der Waals surface area contributed by atoms with Crippen LogP contribution in [0.2, 0.25) is 0 Å². The molecule has 0 spiro atoms. The van der Waals surface area contributed by atoms with E-state index in [4.69, 9.17) is 4.74 Å². The van der Waals surface area contributed by atoms with Gasteiger partial charge in [0, 0.05) is 23.9 Å². The normalized spacial score (nSPS) is 11.9. The number of hydrogen-bond donors (Lipinski definition) is 1. The van der Waals surface area contributed by atoms with Crippen LogP contribution in [0.25, 0.3) is 10.9 Å². The Morgan fingerprint density at radius 2 is 1.96 bits per heavy atom. The number of aromatic nitrogens is 1. The van der Waals surface area contributed by atoms with Gasteiger partial charge in [-0.15, -0.1) is 0 Å². The van der Waals surface area contributed by atoms with Crippen LogP contribution in [0.4, 0.5) is 10.1 Å². The van der Waals surface area contributed by atoms with Gasteiger partial charge in [-0.05, 0) is 42.6 Å². The predicted molar refractivity (Wildman–Crippen MR) is 97.1 cm³/mol. The average molecular weight is 354 g/mol. The summed E-state index contributed by atoms with van der Waals surface area (Å²) in [4.78, 5) is 24.1. The molecule has 5 nitrogen and oxygen atoms in total. The Kier molecular flexibility index (Phi) is 5.31. The first-order valence-corrected chi connectivity index (χ1v) is 8.33. The van der Waals surface area contributed by atoms with Crippen LogP contribution in [-0.4, -0.2) is 22.5 Å². The van der Waals surface area contributed by atoms with Crippen LogP contribution in [0.5, 0.6) is 0 Å². The molecular formula is C20H19FN2O3. The van der Waals surface area contributed by atoms with E-state index in [0.29, 0.717) is 12.2 Å². The maximum atomic E-state index is 13.1. The number of carbonyl (C=O) groups excluding carboxylic acids is 2. The maximum absolute atomic E-state index is 13.1. The van der Waals surface area contributed by atoms with Crippen molar-refractivity contribution in [2.45, 2.75) is 26.0 Å². The average Bonchev–Trinajstić information content (AvgIpc) is 3.03. The van der Waals surface area contributed by atoms with E-state index in [0.717, 1.165) is 10.9 Å². The Morgan fingerprint density at radius 3 is 2.77 bits per heavy atom. The van der Waals surface area contributed by atoms with Crippen LogP contribution in [0.1, 0.15) is 13.3 Å². The van der Waals surface area contributed by atoms with Crippen molar-refractivity contribution in [3.8, 4) is 0 Å². The quantitative estimate of drug-likeness (QED) is 0.686. The third kappa shape index (κ3) is 4.27. The minimum absolute atomic E-state index is 0.149. The van der Waals surface area contributed by atoms with Crippen molar-refractivity contribution in [1.29, 1.82) is 0 Å². The monoisotopic (exact) mass is 354 g/mol. The molecule has 0 aliphatic carbocycles. The van der Waals surface area contributed by atoms with Crippen molar-refractivity contribution in [3.63, 3.8) is 0 Å². The van der Waals surface area contributed by atoms with E-state index in [1.165, 1.54) is 25.1 Å². The van der Waals surface area contributed by atoms with Crippen LogP contribution >= 0.6 is 0 Å². The summed E-state index contributed by atoms with van der Waals surface area (Å²) >= 11 is 0. The van der Waals surface area contributed by atoms with Crippen molar-refractivity contribution in [3.05, 3.63) is 66.6 Å². The van der Waals surface area contributed by atoms with Gasteiger partial charge in [0.15, 0.2) is 6.10 Å². The first kappa shape index (κ1) is 17.7. The molecule has 1 heterocycles. The van der Waals surface area contributed by atoms with E-state index in [-0.39, 0.29) is 6.42 Å². The number of carbonyl (C=O) groups is 2. The van der Waals surface area contributed by atoms with Crippen molar-refractivity contribution < 1.29 is 18.7 Å². The molecule has 1 aromatic heterocycles. The summed E-state index contributed by atoms with van der Waals surface area (Å²) in [5.74, 6) is -1.42. The second-order valence-electron chi connectivity index (χ2n) is 5.95. The summed E-state index contributed by atoms with van der Waals surface area (Å²) in [6.07, 6.45) is 1.10. The largest absolute Gasteiger partial charge is 0.452 e. The lowest BCUT2D eigenvalue weighted by molar-refractivity contribution is -0.153. The minimum atomic E-state index is -0.966. The van der Waals surface area contributed by atoms with E-state index >= 15 is 0 Å². The molecule has 1 unspecified atom stereocenters. The van der Waals surface area contributed by atoms with Gasteiger partial charge in [-0.1, -0.05) is 24.3 Å². The number of hydrogen-bond acceptors (Lipinski definition) is 3. The van der Waals surface area contributed by atoms with E-state index in [1.807, 2.05) is 41.1 Å². The topological polar surface area (TPSA) is 60.3 Å². The second kappa shape index (κ2) is 7.82. The summed E-state index contributed by atoms with van der Waals surface area (Å²) in [6.45, 7) is 1.95. The fourth-order valence-electron chi connectivity index (χ4n) is 2.67. The number of ether oxygens (including phenoxy) is 1. The van der Waals surface area contributed by atoms with Gasteiger partial charge in [0.25, 0.3) is 5.91 Å². The number of nitrogens with one attached hydrogen (secondary N) is 1. The van der Waals surface area contributed by atoms with Gasteiger partial charge in [-0.25, -0.2) is 4.39 Å². The number of halogens is 1. The molecular weight excluding hydrogens is 335 g/mol. The van der Waals surface area contributed by atoms with E-state index in [2.05, 4.69) is 5.32 Å². The zero-order chi connectivity index (χ0) is 18.5. The van der Waals surface area contributed by atoms with Crippen molar-refractivity contribution >= 4 is 28.5 Å². The molecule has 3 rings (SSSR count). The van der Waals surface area contributed by atoms with Crippen molar-refractivity contribution in [1.82, 2.24) is 4.57 Å². The number of esters is 1. The number of rotatable bonds is 6. The molecule has 0 fully saturated rings. The number of nitrogens with zero attached hydrogens (tertiary/aromatic N) is 1. The summed E-state index contributed by atoms with van der Waals surface area (Å²) in [5.41, 5.74) is 1.36. The smallest absolute Gasteiger partial charge is 0.308 e. The molecule has 0 radical (unpaired) electrons. The molecule has 0 aliphatic rings. The number of anilines is 1. The standard InChI is InChI=1S/C20H19FN2O3/c1-14(20(25)22-17-7-4-6-16(21)13-17)26-19(24)10-12-23-11-9-15-5-2-3-8-18(15)23/h2-9,11,13-14H,10,12H2,1H3,(H,22,25). The fourth-order valence-corrected chi connectivity index (χ4v) is 2.67. The number of aryl methyl sites for hydroxylation is 1. The van der Waals surface area contributed by atoms with Gasteiger partial charge in [-0.2, -0.15) is 0 Å². The molecule has 0 saturated carbocycles. The number of fused-ring (bicyclic) bond motifs is 1. The lowest BCUT2D eigenvalue weighted by Gasteiger charge is -2.14. The summed E-state index contributed by atoms with van der Waals surface area (Å²) < 4.78 is 20.3. The van der Waals surface area contributed by atoms with E-state index in [1.54, 1.807) is 6.07 Å². The van der Waals surface area contributed by atoms with Gasteiger partial charge in [0.05, 0.1) is 6.42 Å². The third-order valence-electron chi connectivity index (χ3n) is 4.01. The van der Waals surface area contributed by atoms with E-state index in [9.17, 15) is 14.0 Å². The van der Waals surface area contributed by atoms with Gasteiger partial charge in [0.2, 0.25) is 0 Å². The molecule has 1 atom stereocenters. The second-order valence-corrected chi connectivity index (χ2v) is 5.95. The SMILES string of the molecule is CC(OC(=O)CCn1ccc2ccccc21)C(=O)Nc1cccc(F)c1. The lowest BCUT2D eigenvalue weighted by Crippen LogP contribution is -2.30. The fraction of sp³-hybridized carbons (Fsp3) is 0.200. The van der Waals surface area contributed by atoms with Gasteiger partial charge < -0.3 is 14.6 Å². The summed E-state index contributed by atoms with van der Waals surface area (Å²) in [6, 6.07) is 15.4. The van der Waals surface area contributed by atoms with E-state index < -0.39 is 23.8 Å². The Bertz CT molecular complexity index is 935. The molecule has 26 heavy (non-hydrogen) atoms. The highest BCUT2D eigenvalue weighted by Gasteiger charge is 2.18.